The highest BCUT2D eigenvalue weighted by atomic mass is 35.5. The molecule has 0 aliphatic heterocycles. The van der Waals surface area contributed by atoms with Crippen LogP contribution in [0.2, 0.25) is 0 Å². The maximum atomic E-state index is 11.5. The molecule has 8 fully saturated rings. The van der Waals surface area contributed by atoms with E-state index in [4.69, 9.17) is 11.6 Å². The van der Waals surface area contributed by atoms with Crippen LogP contribution in [0.5, 0.6) is 0 Å². The summed E-state index contributed by atoms with van der Waals surface area (Å²) in [5, 5.41) is 0.523. The van der Waals surface area contributed by atoms with Gasteiger partial charge in [0, 0.05) is 17.2 Å². The van der Waals surface area contributed by atoms with Crippen LogP contribution < -0.4 is 0 Å². The van der Waals surface area contributed by atoms with Crippen LogP contribution in [0.3, 0.4) is 0 Å². The quantitative estimate of drug-likeness (QED) is 0.258. The zero-order valence-corrected chi connectivity index (χ0v) is 52.8. The van der Waals surface area contributed by atoms with Gasteiger partial charge in [-0.25, -0.2) is 4.39 Å². The lowest BCUT2D eigenvalue weighted by molar-refractivity contribution is -0.119. The van der Waals surface area contributed by atoms with E-state index < -0.39 is 6.17 Å². The standard InChI is InChI=1S/C7H14.2C6H10O.3C5H10.C4H7Cl.C4H7F.7C3H8.CH4/c1-7(2,3)6-4-5-6;2*1-4-3-6(4)5(2)7;3*1-4-3-5(4)2;2*1-3-2-4(3)5;7*1-3-2;/h6H,4-5H2,1-3H3;2*4,6H,3H2,1-2H3;3*4-5H,3H2,1-2H3;2*3-4H,2H2,1H3;7*3H2,1-2H3;1H4/t;2*4-,6+;3*4-,5+;2*3-,4+;;;;;;;;/m.00...00......../s1. The summed E-state index contributed by atoms with van der Waals surface area (Å²) in [6.07, 6.45) is 20.0. The Hall–Kier alpha value is -0.440. The summed E-state index contributed by atoms with van der Waals surface area (Å²) in [6.45, 7) is 62.2. The third-order valence-electron chi connectivity index (χ3n) is 11.6. The lowest BCUT2D eigenvalue weighted by Gasteiger charge is -2.15. The molecule has 0 spiro atoms. The fourth-order valence-electron chi connectivity index (χ4n) is 4.80. The van der Waals surface area contributed by atoms with Gasteiger partial charge in [-0.05, 0) is 142 Å². The van der Waals surface area contributed by atoms with Crippen molar-refractivity contribution in [3.63, 3.8) is 0 Å². The molecule has 8 aliphatic carbocycles. The molecule has 4 heteroatoms. The van der Waals surface area contributed by atoms with Gasteiger partial charge in [0.1, 0.15) is 17.7 Å². The third kappa shape index (κ3) is 79.7. The van der Waals surface area contributed by atoms with Gasteiger partial charge in [0.25, 0.3) is 0 Å². The van der Waals surface area contributed by atoms with E-state index in [1.165, 1.54) is 83.5 Å². The number of halogens is 2. The van der Waals surface area contributed by atoms with Crippen molar-refractivity contribution in [3.05, 3.63) is 0 Å². The van der Waals surface area contributed by atoms with Gasteiger partial charge < -0.3 is 0 Å². The second kappa shape index (κ2) is 54.3. The van der Waals surface area contributed by atoms with E-state index in [9.17, 15) is 14.0 Å². The molecule has 0 unspecified atom stereocenters. The Balaban J connectivity index is -0.0000000956. The molecular formula is C64H138ClFO2. The highest BCUT2D eigenvalue weighted by Gasteiger charge is 2.37. The van der Waals surface area contributed by atoms with Crippen molar-refractivity contribution in [2.24, 2.45) is 82.3 Å². The fourth-order valence-corrected chi connectivity index (χ4v) is 5.08. The Morgan fingerprint density at radius 1 is 0.397 bits per heavy atom. The van der Waals surface area contributed by atoms with Crippen molar-refractivity contribution in [2.75, 3.05) is 0 Å². The molecule has 0 aromatic carbocycles. The summed E-state index contributed by atoms with van der Waals surface area (Å²) in [4.78, 5) is 20.8. The van der Waals surface area contributed by atoms with E-state index in [0.29, 0.717) is 51.9 Å². The predicted molar refractivity (Wildman–Crippen MR) is 318 cm³/mol. The van der Waals surface area contributed by atoms with Crippen LogP contribution in [0.25, 0.3) is 0 Å². The van der Waals surface area contributed by atoms with Gasteiger partial charge in [-0.2, -0.15) is 0 Å². The van der Waals surface area contributed by atoms with Crippen LogP contribution in [0, 0.1) is 82.3 Å². The first kappa shape index (κ1) is 84.4. The van der Waals surface area contributed by atoms with Gasteiger partial charge in [-0.3, -0.25) is 9.59 Å². The molecular weight excluding hydrogens is 855 g/mol. The molecule has 14 atom stereocenters. The predicted octanol–water partition coefficient (Wildman–Crippen LogP) is 23.4. The van der Waals surface area contributed by atoms with Gasteiger partial charge in [0.15, 0.2) is 0 Å². The number of hydrogen-bond acceptors (Lipinski definition) is 2. The van der Waals surface area contributed by atoms with Crippen molar-refractivity contribution < 1.29 is 14.0 Å². The normalized spacial score (nSPS) is 30.1. The molecule has 8 rings (SSSR count). The fraction of sp³-hybridized carbons (Fsp3) is 0.969. The second-order valence-electron chi connectivity index (χ2n) is 23.5. The first-order valence-electron chi connectivity index (χ1n) is 29.2. The van der Waals surface area contributed by atoms with E-state index in [0.717, 1.165) is 66.6 Å². The minimum absolute atomic E-state index is 0. The largest absolute Gasteiger partial charge is 0.300 e. The lowest BCUT2D eigenvalue weighted by atomic mass is 9.91. The molecule has 0 amide bonds. The molecule has 0 radical (unpaired) electrons. The van der Waals surface area contributed by atoms with Crippen molar-refractivity contribution in [1.29, 1.82) is 0 Å². The first-order valence-corrected chi connectivity index (χ1v) is 29.7. The summed E-state index contributed by atoms with van der Waals surface area (Å²) in [7, 11) is 0. The topological polar surface area (TPSA) is 34.1 Å². The van der Waals surface area contributed by atoms with Crippen LogP contribution in [-0.2, 0) is 9.59 Å². The molecule has 0 heterocycles. The Morgan fingerprint density at radius 2 is 0.529 bits per heavy atom. The van der Waals surface area contributed by atoms with E-state index in [-0.39, 0.29) is 7.43 Å². The monoisotopic (exact) mass is 993 g/mol. The molecule has 0 N–H and O–H groups in total. The Bertz CT molecular complexity index is 846. The number of rotatable bonds is 2. The first-order chi connectivity index (χ1) is 31.0. The van der Waals surface area contributed by atoms with Crippen molar-refractivity contribution in [2.45, 2.75) is 322 Å². The number of carbonyl (C=O) groups is 2. The van der Waals surface area contributed by atoms with Gasteiger partial charge in [-0.15, -0.1) is 11.6 Å². The summed E-state index contributed by atoms with van der Waals surface area (Å²) < 4.78 is 11.5. The minimum atomic E-state index is -0.449. The molecule has 8 saturated carbocycles. The summed E-state index contributed by atoms with van der Waals surface area (Å²) in [5.41, 5.74) is 0.611. The van der Waals surface area contributed by atoms with Gasteiger partial charge >= 0.3 is 0 Å². The van der Waals surface area contributed by atoms with Crippen LogP contribution in [0.1, 0.15) is 311 Å². The molecule has 0 aromatic rings. The van der Waals surface area contributed by atoms with E-state index in [1.54, 1.807) is 13.8 Å². The molecule has 420 valence electrons. The van der Waals surface area contributed by atoms with Crippen molar-refractivity contribution in [3.8, 4) is 0 Å². The molecule has 0 saturated heterocycles. The highest BCUT2D eigenvalue weighted by Crippen LogP contribution is 2.44. The molecule has 2 nitrogen and oxygen atoms in total. The zero-order chi connectivity index (χ0) is 54.6. The van der Waals surface area contributed by atoms with Crippen LogP contribution >= 0.6 is 11.6 Å². The Kier molecular flexibility index (Phi) is 67.4. The molecule has 68 heavy (non-hydrogen) atoms. The van der Waals surface area contributed by atoms with Crippen molar-refractivity contribution in [1.82, 2.24) is 0 Å². The van der Waals surface area contributed by atoms with Gasteiger partial charge in [0.2, 0.25) is 0 Å². The number of ketones is 2. The molecule has 0 bridgehead atoms. The number of Topliss-reactive ketones (excluding diaryl/α,β-unsaturated/α-hetero) is 2. The number of hydrogen-bond donors (Lipinski definition) is 0. The maximum absolute atomic E-state index is 11.5. The van der Waals surface area contributed by atoms with Crippen LogP contribution in [0.4, 0.5) is 4.39 Å². The van der Waals surface area contributed by atoms with E-state index in [2.05, 4.69) is 180 Å². The summed E-state index contributed by atoms with van der Waals surface area (Å²) in [5.74, 6) is 11.5. The van der Waals surface area contributed by atoms with Gasteiger partial charge in [0.05, 0.1) is 0 Å². The van der Waals surface area contributed by atoms with Crippen molar-refractivity contribution >= 4 is 23.2 Å². The zero-order valence-electron chi connectivity index (χ0n) is 52.0. The van der Waals surface area contributed by atoms with E-state index in [1.807, 2.05) is 6.92 Å². The van der Waals surface area contributed by atoms with Crippen LogP contribution in [0.15, 0.2) is 0 Å². The smallest absolute Gasteiger partial charge is 0.133 e. The Labute approximate surface area is 440 Å². The van der Waals surface area contributed by atoms with Gasteiger partial charge in [-0.1, -0.05) is 239 Å². The van der Waals surface area contributed by atoms with Crippen LogP contribution in [-0.4, -0.2) is 23.1 Å². The Morgan fingerprint density at radius 3 is 0.529 bits per heavy atom. The lowest BCUT2D eigenvalue weighted by Crippen LogP contribution is -2.06. The summed E-state index contributed by atoms with van der Waals surface area (Å²) in [6, 6.07) is 0. The number of carbonyl (C=O) groups excluding carboxylic acids is 2. The maximum Gasteiger partial charge on any atom is 0.133 e. The number of alkyl halides is 2. The minimum Gasteiger partial charge on any atom is -0.300 e. The second-order valence-corrected chi connectivity index (χ2v) is 24.0. The SMILES string of the molecule is C.CC(=O)[C@@H]1C[C@@H]1C.CC(=O)[C@@H]1C[C@@H]1C.CC(C)(C)C1CC1.CCC.CCC.CCC.CCC.CCC.CCC.CCC.C[C@@H]1C[C@@H]1C.C[C@@H]1C[C@@H]1C.C[C@@H]1C[C@@H]1C.C[C@H]1C[C@H]1Cl.C[C@H]1C[C@H]1F. The average Bonchev–Trinajstić information content (AvgIpc) is 4.00. The molecule has 8 aliphatic rings. The summed E-state index contributed by atoms with van der Waals surface area (Å²) >= 11 is 5.54. The average molecular weight is 994 g/mol. The third-order valence-corrected chi connectivity index (χ3v) is 12.2. The highest BCUT2D eigenvalue weighted by molar-refractivity contribution is 6.22. The van der Waals surface area contributed by atoms with E-state index >= 15 is 0 Å². The molecule has 0 aromatic heterocycles.